The van der Waals surface area contributed by atoms with Gasteiger partial charge in [0, 0.05) is 44.0 Å². The third-order valence-electron chi connectivity index (χ3n) is 6.73. The standard InChI is InChI=1S/C28H31N5O3S/c1-32-15-17-33(18-16-32)19-21-11-13-23(14-12-21)29-26(22-7-3-2-4-8-22)20-37(35,36)31-27-24-9-5-6-10-25(24)30-28(27)34/h2-14,27,31H,15-20H2,1H3,(H,30,34). The number of aliphatic imine (C=N–C) groups is 1. The van der Waals surface area contributed by atoms with E-state index in [1.54, 1.807) is 24.3 Å². The van der Waals surface area contributed by atoms with Gasteiger partial charge in [0.2, 0.25) is 15.9 Å². The Labute approximate surface area is 218 Å². The third-order valence-corrected chi connectivity index (χ3v) is 7.97. The van der Waals surface area contributed by atoms with E-state index in [1.165, 1.54) is 5.56 Å². The fourth-order valence-corrected chi connectivity index (χ4v) is 5.90. The van der Waals surface area contributed by atoms with Crippen LogP contribution in [0, 0.1) is 0 Å². The zero-order valence-electron chi connectivity index (χ0n) is 20.8. The lowest BCUT2D eigenvalue weighted by Crippen LogP contribution is -2.43. The molecule has 37 heavy (non-hydrogen) atoms. The molecule has 8 nitrogen and oxygen atoms in total. The molecule has 1 atom stereocenters. The first-order valence-electron chi connectivity index (χ1n) is 12.4. The van der Waals surface area contributed by atoms with Gasteiger partial charge in [-0.05, 0) is 36.4 Å². The number of carbonyl (C=O) groups is 1. The quantitative estimate of drug-likeness (QED) is 0.448. The number of rotatable bonds is 8. The van der Waals surface area contributed by atoms with Crippen LogP contribution >= 0.6 is 0 Å². The topological polar surface area (TPSA) is 94.1 Å². The lowest BCUT2D eigenvalue weighted by atomic mass is 10.1. The van der Waals surface area contributed by atoms with Gasteiger partial charge < -0.3 is 10.2 Å². The molecule has 0 radical (unpaired) electrons. The number of amides is 1. The second-order valence-corrected chi connectivity index (χ2v) is 11.3. The maximum Gasteiger partial charge on any atom is 0.247 e. The van der Waals surface area contributed by atoms with Gasteiger partial charge in [-0.3, -0.25) is 14.7 Å². The minimum atomic E-state index is -3.89. The van der Waals surface area contributed by atoms with Crippen molar-refractivity contribution >= 4 is 33.0 Å². The number of likely N-dealkylation sites (N-methyl/N-ethyl adjacent to an activating group) is 1. The number of piperazine rings is 1. The summed E-state index contributed by atoms with van der Waals surface area (Å²) in [5.74, 6) is -0.745. The van der Waals surface area contributed by atoms with Crippen molar-refractivity contribution in [1.29, 1.82) is 0 Å². The van der Waals surface area contributed by atoms with Crippen LogP contribution in [0.25, 0.3) is 0 Å². The summed E-state index contributed by atoms with van der Waals surface area (Å²) in [7, 11) is -1.75. The number of carbonyl (C=O) groups excluding carboxylic acids is 1. The summed E-state index contributed by atoms with van der Waals surface area (Å²) in [5, 5.41) is 2.73. The summed E-state index contributed by atoms with van der Waals surface area (Å²) in [6, 6.07) is 23.3. The van der Waals surface area contributed by atoms with Gasteiger partial charge in [-0.1, -0.05) is 60.7 Å². The fraction of sp³-hybridized carbons (Fsp3) is 0.286. The van der Waals surface area contributed by atoms with E-state index < -0.39 is 16.1 Å². The van der Waals surface area contributed by atoms with Gasteiger partial charge in [0.15, 0.2) is 0 Å². The monoisotopic (exact) mass is 517 g/mol. The summed E-state index contributed by atoms with van der Waals surface area (Å²) >= 11 is 0. The Balaban J connectivity index is 1.34. The Hall–Kier alpha value is -3.37. The van der Waals surface area contributed by atoms with E-state index in [9.17, 15) is 13.2 Å². The van der Waals surface area contributed by atoms with Crippen LogP contribution in [-0.4, -0.2) is 68.8 Å². The maximum atomic E-state index is 13.2. The Morgan fingerprint density at radius 3 is 2.35 bits per heavy atom. The molecule has 1 fully saturated rings. The highest BCUT2D eigenvalue weighted by Crippen LogP contribution is 2.30. The predicted octanol–water partition coefficient (Wildman–Crippen LogP) is 3.17. The fourth-order valence-electron chi connectivity index (χ4n) is 4.63. The van der Waals surface area contributed by atoms with Crippen LogP contribution in [0.2, 0.25) is 0 Å². The van der Waals surface area contributed by atoms with Crippen molar-refractivity contribution in [2.75, 3.05) is 44.3 Å². The molecule has 1 amide bonds. The zero-order chi connectivity index (χ0) is 25.8. The number of sulfonamides is 1. The van der Waals surface area contributed by atoms with Crippen LogP contribution in [0.5, 0.6) is 0 Å². The first-order valence-corrected chi connectivity index (χ1v) is 14.0. The highest BCUT2D eigenvalue weighted by molar-refractivity contribution is 7.90. The number of nitrogens with zero attached hydrogens (tertiary/aromatic N) is 3. The minimum Gasteiger partial charge on any atom is -0.324 e. The van der Waals surface area contributed by atoms with Gasteiger partial charge >= 0.3 is 0 Å². The molecular formula is C28H31N5O3S. The molecule has 1 saturated heterocycles. The Bertz CT molecular complexity index is 1380. The Morgan fingerprint density at radius 1 is 0.946 bits per heavy atom. The van der Waals surface area contributed by atoms with E-state index in [4.69, 9.17) is 4.99 Å². The van der Waals surface area contributed by atoms with Gasteiger partial charge in [-0.2, -0.15) is 4.72 Å². The SMILES string of the molecule is CN1CCN(Cc2ccc(N=C(CS(=O)(=O)NC3C(=O)Nc4ccccc43)c3ccccc3)cc2)CC1. The molecule has 0 spiro atoms. The molecule has 3 aromatic carbocycles. The number of hydrogen-bond acceptors (Lipinski definition) is 6. The Kier molecular flexibility index (Phi) is 7.48. The van der Waals surface area contributed by atoms with Crippen LogP contribution in [0.4, 0.5) is 11.4 Å². The number of hydrogen-bond donors (Lipinski definition) is 2. The van der Waals surface area contributed by atoms with Crippen LogP contribution in [0.3, 0.4) is 0 Å². The van der Waals surface area contributed by atoms with E-state index in [-0.39, 0.29) is 11.7 Å². The van der Waals surface area contributed by atoms with Crippen LogP contribution in [0.1, 0.15) is 22.7 Å². The first-order chi connectivity index (χ1) is 17.9. The maximum absolute atomic E-state index is 13.2. The molecule has 0 saturated carbocycles. The molecule has 2 heterocycles. The van der Waals surface area contributed by atoms with Crippen molar-refractivity contribution in [3.63, 3.8) is 0 Å². The molecule has 2 N–H and O–H groups in total. The van der Waals surface area contributed by atoms with E-state index in [0.29, 0.717) is 28.2 Å². The minimum absolute atomic E-state index is 0.355. The van der Waals surface area contributed by atoms with Gasteiger partial charge in [0.1, 0.15) is 11.8 Å². The summed E-state index contributed by atoms with van der Waals surface area (Å²) in [6.07, 6.45) is 0. The molecule has 192 valence electrons. The van der Waals surface area contributed by atoms with E-state index >= 15 is 0 Å². The van der Waals surface area contributed by atoms with Gasteiger partial charge in [-0.15, -0.1) is 0 Å². The summed E-state index contributed by atoms with van der Waals surface area (Å²) < 4.78 is 29.0. The van der Waals surface area contributed by atoms with E-state index in [0.717, 1.165) is 32.7 Å². The van der Waals surface area contributed by atoms with Crippen molar-refractivity contribution in [2.45, 2.75) is 12.6 Å². The van der Waals surface area contributed by atoms with Crippen LogP contribution < -0.4 is 10.0 Å². The third kappa shape index (κ3) is 6.31. The average Bonchev–Trinajstić information content (AvgIpc) is 3.21. The second-order valence-electron chi connectivity index (χ2n) is 9.56. The summed E-state index contributed by atoms with van der Waals surface area (Å²) in [4.78, 5) is 22.0. The molecule has 0 aromatic heterocycles. The highest BCUT2D eigenvalue weighted by Gasteiger charge is 2.34. The van der Waals surface area contributed by atoms with Crippen molar-refractivity contribution in [1.82, 2.24) is 14.5 Å². The van der Waals surface area contributed by atoms with Gasteiger partial charge in [0.05, 0.1) is 11.4 Å². The zero-order valence-corrected chi connectivity index (χ0v) is 21.6. The smallest absolute Gasteiger partial charge is 0.247 e. The highest BCUT2D eigenvalue weighted by atomic mass is 32.2. The normalized spacial score (nSPS) is 19.0. The largest absolute Gasteiger partial charge is 0.324 e. The number of benzene rings is 3. The molecule has 2 aliphatic heterocycles. The van der Waals surface area contributed by atoms with Gasteiger partial charge in [-0.25, -0.2) is 8.42 Å². The number of fused-ring (bicyclic) bond motifs is 1. The van der Waals surface area contributed by atoms with Crippen molar-refractivity contribution in [3.05, 3.63) is 95.6 Å². The molecule has 0 aliphatic carbocycles. The van der Waals surface area contributed by atoms with Gasteiger partial charge in [0.25, 0.3) is 0 Å². The first kappa shape index (κ1) is 25.3. The number of para-hydroxylation sites is 1. The van der Waals surface area contributed by atoms with Crippen molar-refractivity contribution < 1.29 is 13.2 Å². The number of nitrogens with one attached hydrogen (secondary N) is 2. The van der Waals surface area contributed by atoms with Crippen molar-refractivity contribution in [3.8, 4) is 0 Å². The Morgan fingerprint density at radius 2 is 1.62 bits per heavy atom. The second kappa shape index (κ2) is 10.9. The molecule has 2 aliphatic rings. The molecule has 5 rings (SSSR count). The average molecular weight is 518 g/mol. The molecule has 1 unspecified atom stereocenters. The molecule has 3 aromatic rings. The lowest BCUT2D eigenvalue weighted by molar-refractivity contribution is -0.117. The van der Waals surface area contributed by atoms with E-state index in [1.807, 2.05) is 54.6 Å². The summed E-state index contributed by atoms with van der Waals surface area (Å²) in [5.41, 5.74) is 4.24. The lowest BCUT2D eigenvalue weighted by Gasteiger charge is -2.32. The molecule has 0 bridgehead atoms. The molecule has 9 heteroatoms. The number of anilines is 1. The summed E-state index contributed by atoms with van der Waals surface area (Å²) in [6.45, 7) is 5.11. The van der Waals surface area contributed by atoms with E-state index in [2.05, 4.69) is 26.9 Å². The van der Waals surface area contributed by atoms with Crippen LogP contribution in [-0.2, 0) is 21.4 Å². The van der Waals surface area contributed by atoms with Crippen molar-refractivity contribution in [2.24, 2.45) is 4.99 Å². The molecular weight excluding hydrogens is 486 g/mol. The predicted molar refractivity (Wildman–Crippen MR) is 147 cm³/mol. The van der Waals surface area contributed by atoms with Crippen LogP contribution in [0.15, 0.2) is 83.9 Å².